The molecule has 0 atom stereocenters. The highest BCUT2D eigenvalue weighted by atomic mass is 32.2. The average molecular weight is 444 g/mol. The number of rotatable bonds is 9. The molecule has 162 valence electrons. The first kappa shape index (κ1) is 21.7. The van der Waals surface area contributed by atoms with Crippen molar-refractivity contribution in [3.05, 3.63) is 90.5 Å². The van der Waals surface area contributed by atoms with Crippen molar-refractivity contribution in [3.63, 3.8) is 0 Å². The lowest BCUT2D eigenvalue weighted by Gasteiger charge is -2.11. The summed E-state index contributed by atoms with van der Waals surface area (Å²) in [6.07, 6.45) is 4.26. The van der Waals surface area contributed by atoms with E-state index in [1.807, 2.05) is 73.7 Å². The highest BCUT2D eigenvalue weighted by molar-refractivity contribution is 7.99. The summed E-state index contributed by atoms with van der Waals surface area (Å²) in [7, 11) is 1.66. The summed E-state index contributed by atoms with van der Waals surface area (Å²) in [5, 5.41) is 9.84. The largest absolute Gasteiger partial charge is 0.497 e. The Morgan fingerprint density at radius 1 is 0.875 bits per heavy atom. The molecule has 4 aromatic rings. The van der Waals surface area contributed by atoms with Gasteiger partial charge in [0.05, 0.1) is 13.7 Å². The van der Waals surface area contributed by atoms with Crippen LogP contribution in [0.4, 0.5) is 0 Å². The lowest BCUT2D eigenvalue weighted by molar-refractivity contribution is 0.340. The predicted octanol–water partition coefficient (Wildman–Crippen LogP) is 6.15. The Kier molecular flexibility index (Phi) is 7.25. The molecule has 0 aliphatic carbocycles. The van der Waals surface area contributed by atoms with Crippen LogP contribution in [0.1, 0.15) is 12.5 Å². The van der Waals surface area contributed by atoms with Crippen molar-refractivity contribution in [2.24, 2.45) is 0 Å². The molecule has 0 saturated heterocycles. The normalized spacial score (nSPS) is 11.1. The van der Waals surface area contributed by atoms with Gasteiger partial charge < -0.3 is 9.47 Å². The number of nitrogens with zero attached hydrogens (tertiary/aromatic N) is 3. The lowest BCUT2D eigenvalue weighted by Crippen LogP contribution is -2.00. The first-order valence-electron chi connectivity index (χ1n) is 10.5. The lowest BCUT2D eigenvalue weighted by atomic mass is 10.2. The molecule has 6 heteroatoms. The van der Waals surface area contributed by atoms with Gasteiger partial charge in [-0.15, -0.1) is 10.2 Å². The quantitative estimate of drug-likeness (QED) is 0.291. The smallest absolute Gasteiger partial charge is 0.196 e. The van der Waals surface area contributed by atoms with Crippen LogP contribution < -0.4 is 9.47 Å². The molecule has 0 amide bonds. The topological polar surface area (TPSA) is 49.2 Å². The average Bonchev–Trinajstić information content (AvgIpc) is 3.27. The minimum atomic E-state index is 0.637. The van der Waals surface area contributed by atoms with Crippen LogP contribution in [0.3, 0.4) is 0 Å². The Morgan fingerprint density at radius 3 is 2.28 bits per heavy atom. The van der Waals surface area contributed by atoms with Crippen LogP contribution in [0, 0.1) is 0 Å². The van der Waals surface area contributed by atoms with E-state index < -0.39 is 0 Å². The molecule has 3 aromatic carbocycles. The van der Waals surface area contributed by atoms with Crippen molar-refractivity contribution in [3.8, 4) is 28.6 Å². The fourth-order valence-corrected chi connectivity index (χ4v) is 4.01. The zero-order valence-corrected chi connectivity index (χ0v) is 19.0. The van der Waals surface area contributed by atoms with E-state index in [1.54, 1.807) is 18.9 Å². The molecule has 0 spiro atoms. The molecular weight excluding hydrogens is 418 g/mol. The van der Waals surface area contributed by atoms with Gasteiger partial charge in [0.2, 0.25) is 0 Å². The molecule has 0 saturated carbocycles. The molecule has 1 heterocycles. The number of methoxy groups -OCH3 is 1. The zero-order valence-electron chi connectivity index (χ0n) is 18.1. The fraction of sp³-hybridized carbons (Fsp3) is 0.154. The standard InChI is InChI=1S/C26H25N3O2S/c1-3-31-24-17-13-22(14-18-24)29-25(21-11-15-23(30-2)16-12-21)27-28-26(29)32-19-7-10-20-8-5-4-6-9-20/h4-18H,3,19H2,1-2H3/b10-7+. The van der Waals surface area contributed by atoms with Gasteiger partial charge in [-0.25, -0.2) is 0 Å². The van der Waals surface area contributed by atoms with Crippen LogP contribution in [0.5, 0.6) is 11.5 Å². The molecule has 0 unspecified atom stereocenters. The van der Waals surface area contributed by atoms with E-state index in [4.69, 9.17) is 9.47 Å². The SMILES string of the molecule is CCOc1ccc(-n2c(SC/C=C/c3ccccc3)nnc2-c2ccc(OC)cc2)cc1. The summed E-state index contributed by atoms with van der Waals surface area (Å²) >= 11 is 1.65. The Labute approximate surface area is 192 Å². The van der Waals surface area contributed by atoms with Gasteiger partial charge in [-0.3, -0.25) is 4.57 Å². The minimum absolute atomic E-state index is 0.637. The Balaban J connectivity index is 1.63. The van der Waals surface area contributed by atoms with Gasteiger partial charge >= 0.3 is 0 Å². The second-order valence-corrected chi connectivity index (χ2v) is 7.91. The van der Waals surface area contributed by atoms with Gasteiger partial charge in [0.15, 0.2) is 11.0 Å². The Morgan fingerprint density at radius 2 is 1.59 bits per heavy atom. The summed E-state index contributed by atoms with van der Waals surface area (Å²) < 4.78 is 13.0. The summed E-state index contributed by atoms with van der Waals surface area (Å²) in [4.78, 5) is 0. The summed E-state index contributed by atoms with van der Waals surface area (Å²) in [6.45, 7) is 2.62. The molecule has 5 nitrogen and oxygen atoms in total. The summed E-state index contributed by atoms with van der Waals surface area (Å²) in [6, 6.07) is 26.1. The molecule has 4 rings (SSSR count). The van der Waals surface area contributed by atoms with E-state index in [0.717, 1.165) is 39.5 Å². The third kappa shape index (κ3) is 5.21. The predicted molar refractivity (Wildman–Crippen MR) is 131 cm³/mol. The number of hydrogen-bond donors (Lipinski definition) is 0. The number of benzene rings is 3. The van der Waals surface area contributed by atoms with Crippen molar-refractivity contribution >= 4 is 17.8 Å². The van der Waals surface area contributed by atoms with Gasteiger partial charge in [0.1, 0.15) is 11.5 Å². The number of thioether (sulfide) groups is 1. The van der Waals surface area contributed by atoms with Crippen molar-refractivity contribution in [2.75, 3.05) is 19.5 Å². The Bertz CT molecular complexity index is 1150. The van der Waals surface area contributed by atoms with Crippen LogP contribution in [-0.2, 0) is 0 Å². The van der Waals surface area contributed by atoms with E-state index in [2.05, 4.69) is 39.0 Å². The van der Waals surface area contributed by atoms with E-state index in [-0.39, 0.29) is 0 Å². The molecule has 0 fully saturated rings. The maximum atomic E-state index is 5.60. The van der Waals surface area contributed by atoms with E-state index in [0.29, 0.717) is 6.61 Å². The van der Waals surface area contributed by atoms with Gasteiger partial charge in [-0.1, -0.05) is 54.2 Å². The molecule has 32 heavy (non-hydrogen) atoms. The van der Waals surface area contributed by atoms with Crippen LogP contribution in [0.2, 0.25) is 0 Å². The van der Waals surface area contributed by atoms with Gasteiger partial charge in [0.25, 0.3) is 0 Å². The number of ether oxygens (including phenoxy) is 2. The number of aromatic nitrogens is 3. The third-order valence-corrected chi connectivity index (χ3v) is 5.69. The molecule has 0 aliphatic heterocycles. The van der Waals surface area contributed by atoms with Crippen molar-refractivity contribution in [2.45, 2.75) is 12.1 Å². The molecule has 1 aromatic heterocycles. The first-order valence-corrected chi connectivity index (χ1v) is 11.4. The van der Waals surface area contributed by atoms with Gasteiger partial charge in [-0.05, 0) is 61.0 Å². The molecule has 0 radical (unpaired) electrons. The number of hydrogen-bond acceptors (Lipinski definition) is 5. The van der Waals surface area contributed by atoms with Crippen molar-refractivity contribution in [1.29, 1.82) is 0 Å². The van der Waals surface area contributed by atoms with E-state index >= 15 is 0 Å². The zero-order chi connectivity index (χ0) is 22.2. The third-order valence-electron chi connectivity index (χ3n) is 4.81. The summed E-state index contributed by atoms with van der Waals surface area (Å²) in [5.41, 5.74) is 3.14. The summed E-state index contributed by atoms with van der Waals surface area (Å²) in [5.74, 6) is 3.22. The van der Waals surface area contributed by atoms with Crippen molar-refractivity contribution < 1.29 is 9.47 Å². The van der Waals surface area contributed by atoms with Crippen LogP contribution in [-0.4, -0.2) is 34.2 Å². The second-order valence-electron chi connectivity index (χ2n) is 6.92. The van der Waals surface area contributed by atoms with E-state index in [1.165, 1.54) is 5.56 Å². The van der Waals surface area contributed by atoms with E-state index in [9.17, 15) is 0 Å². The van der Waals surface area contributed by atoms with Crippen molar-refractivity contribution in [1.82, 2.24) is 14.8 Å². The maximum Gasteiger partial charge on any atom is 0.196 e. The molecular formula is C26H25N3O2S. The maximum absolute atomic E-state index is 5.60. The van der Waals surface area contributed by atoms with Crippen LogP contribution >= 0.6 is 11.8 Å². The second kappa shape index (κ2) is 10.7. The molecule has 0 bridgehead atoms. The molecule has 0 N–H and O–H groups in total. The fourth-order valence-electron chi connectivity index (χ4n) is 3.25. The highest BCUT2D eigenvalue weighted by Crippen LogP contribution is 2.30. The minimum Gasteiger partial charge on any atom is -0.497 e. The van der Waals surface area contributed by atoms with Gasteiger partial charge in [0, 0.05) is 17.0 Å². The molecule has 0 aliphatic rings. The first-order chi connectivity index (χ1) is 15.8. The monoisotopic (exact) mass is 443 g/mol. The highest BCUT2D eigenvalue weighted by Gasteiger charge is 2.16. The van der Waals surface area contributed by atoms with Gasteiger partial charge in [-0.2, -0.15) is 0 Å². The Hall–Kier alpha value is -3.51. The van der Waals surface area contributed by atoms with Crippen LogP contribution in [0.25, 0.3) is 23.2 Å². The van der Waals surface area contributed by atoms with Crippen LogP contribution in [0.15, 0.2) is 90.1 Å².